The van der Waals surface area contributed by atoms with E-state index in [-0.39, 0.29) is 11.6 Å². The molecule has 2 heterocycles. The SMILES string of the molecule is CCNc1nc(-c2cscc2Br)nc(C)c1F. The van der Waals surface area contributed by atoms with Gasteiger partial charge in [-0.15, -0.1) is 0 Å². The number of halogens is 2. The van der Waals surface area contributed by atoms with Crippen LogP contribution >= 0.6 is 27.3 Å². The van der Waals surface area contributed by atoms with E-state index < -0.39 is 0 Å². The van der Waals surface area contributed by atoms with Gasteiger partial charge in [0.15, 0.2) is 17.5 Å². The van der Waals surface area contributed by atoms with Crippen LogP contribution in [-0.2, 0) is 0 Å². The molecule has 90 valence electrons. The van der Waals surface area contributed by atoms with E-state index in [2.05, 4.69) is 31.2 Å². The first-order chi connectivity index (χ1) is 8.13. The summed E-state index contributed by atoms with van der Waals surface area (Å²) in [7, 11) is 0. The van der Waals surface area contributed by atoms with Crippen LogP contribution in [0.25, 0.3) is 11.4 Å². The minimum atomic E-state index is -0.387. The fourth-order valence-electron chi connectivity index (χ4n) is 1.41. The third-order valence-corrected chi connectivity index (χ3v) is 3.92. The summed E-state index contributed by atoms with van der Waals surface area (Å²) in [5, 5.41) is 6.79. The molecule has 0 saturated carbocycles. The van der Waals surface area contributed by atoms with E-state index in [1.807, 2.05) is 17.7 Å². The number of hydrogen-bond donors (Lipinski definition) is 1. The number of nitrogens with zero attached hydrogens (tertiary/aromatic N) is 2. The molecule has 2 aromatic rings. The molecule has 3 nitrogen and oxygen atoms in total. The summed E-state index contributed by atoms with van der Waals surface area (Å²) in [6.07, 6.45) is 0. The highest BCUT2D eigenvalue weighted by molar-refractivity contribution is 9.10. The maximum absolute atomic E-state index is 13.7. The Hall–Kier alpha value is -1.01. The highest BCUT2D eigenvalue weighted by Gasteiger charge is 2.14. The van der Waals surface area contributed by atoms with Crippen LogP contribution in [0.2, 0.25) is 0 Å². The van der Waals surface area contributed by atoms with Crippen LogP contribution in [-0.4, -0.2) is 16.5 Å². The quantitative estimate of drug-likeness (QED) is 0.935. The minimum Gasteiger partial charge on any atom is -0.368 e. The standard InChI is InChI=1S/C11H11BrFN3S/c1-3-14-11-9(13)6(2)15-10(16-11)7-4-17-5-8(7)12/h4-5H,3H2,1-2H3,(H,14,15,16). The van der Waals surface area contributed by atoms with Crippen molar-refractivity contribution in [1.29, 1.82) is 0 Å². The summed E-state index contributed by atoms with van der Waals surface area (Å²) in [5.41, 5.74) is 1.24. The molecule has 0 aliphatic carbocycles. The zero-order chi connectivity index (χ0) is 12.4. The molecule has 0 unspecified atom stereocenters. The van der Waals surface area contributed by atoms with Gasteiger partial charge in [0.05, 0.1) is 5.69 Å². The Bertz CT molecular complexity index is 542. The summed E-state index contributed by atoms with van der Waals surface area (Å²) >= 11 is 4.98. The van der Waals surface area contributed by atoms with Gasteiger partial charge >= 0.3 is 0 Å². The van der Waals surface area contributed by atoms with Crippen LogP contribution in [0.1, 0.15) is 12.6 Å². The monoisotopic (exact) mass is 315 g/mol. The zero-order valence-electron chi connectivity index (χ0n) is 9.42. The Morgan fingerprint density at radius 1 is 1.41 bits per heavy atom. The van der Waals surface area contributed by atoms with Gasteiger partial charge in [-0.05, 0) is 29.8 Å². The van der Waals surface area contributed by atoms with E-state index in [4.69, 9.17) is 0 Å². The van der Waals surface area contributed by atoms with Crippen molar-refractivity contribution in [1.82, 2.24) is 9.97 Å². The molecule has 0 fully saturated rings. The predicted molar refractivity (Wildman–Crippen MR) is 71.9 cm³/mol. The molecule has 1 N–H and O–H groups in total. The van der Waals surface area contributed by atoms with Crippen LogP contribution in [0.3, 0.4) is 0 Å². The average molecular weight is 316 g/mol. The van der Waals surface area contributed by atoms with E-state index >= 15 is 0 Å². The second kappa shape index (κ2) is 5.10. The summed E-state index contributed by atoms with van der Waals surface area (Å²) in [5.74, 6) is 0.406. The number of thiophene rings is 1. The first-order valence-electron chi connectivity index (χ1n) is 5.13. The Kier molecular flexibility index (Phi) is 3.73. The second-order valence-corrected chi connectivity index (χ2v) is 5.06. The molecule has 0 spiro atoms. The highest BCUT2D eigenvalue weighted by atomic mass is 79.9. The van der Waals surface area contributed by atoms with Crippen molar-refractivity contribution < 1.29 is 4.39 Å². The Balaban J connectivity index is 2.53. The maximum atomic E-state index is 13.7. The molecule has 2 aromatic heterocycles. The van der Waals surface area contributed by atoms with Crippen LogP contribution < -0.4 is 5.32 Å². The molecule has 0 aliphatic heterocycles. The van der Waals surface area contributed by atoms with Gasteiger partial charge in [-0.3, -0.25) is 0 Å². The number of nitrogens with one attached hydrogen (secondary N) is 1. The van der Waals surface area contributed by atoms with Gasteiger partial charge in [-0.2, -0.15) is 11.3 Å². The molecule has 0 aliphatic rings. The van der Waals surface area contributed by atoms with Crippen LogP contribution in [0.4, 0.5) is 10.2 Å². The van der Waals surface area contributed by atoms with E-state index in [1.165, 1.54) is 0 Å². The van der Waals surface area contributed by atoms with Crippen molar-refractivity contribution in [2.24, 2.45) is 0 Å². The number of anilines is 1. The van der Waals surface area contributed by atoms with Crippen LogP contribution in [0.15, 0.2) is 15.2 Å². The Morgan fingerprint density at radius 3 is 2.76 bits per heavy atom. The minimum absolute atomic E-state index is 0.258. The molecular formula is C11H11BrFN3S. The van der Waals surface area contributed by atoms with Crippen molar-refractivity contribution in [3.63, 3.8) is 0 Å². The lowest BCUT2D eigenvalue weighted by Crippen LogP contribution is -2.06. The first-order valence-corrected chi connectivity index (χ1v) is 6.87. The molecular weight excluding hydrogens is 305 g/mol. The third kappa shape index (κ3) is 2.47. The number of rotatable bonds is 3. The maximum Gasteiger partial charge on any atom is 0.186 e. The molecule has 0 atom stereocenters. The molecule has 0 amide bonds. The summed E-state index contributed by atoms with van der Waals surface area (Å²) < 4.78 is 14.6. The van der Waals surface area contributed by atoms with Gasteiger partial charge in [0.2, 0.25) is 0 Å². The molecule has 0 radical (unpaired) electrons. The molecule has 0 saturated heterocycles. The predicted octanol–water partition coefficient (Wildman–Crippen LogP) is 3.85. The third-order valence-electron chi connectivity index (χ3n) is 2.22. The van der Waals surface area contributed by atoms with E-state index in [9.17, 15) is 4.39 Å². The number of hydrogen-bond acceptors (Lipinski definition) is 4. The second-order valence-electron chi connectivity index (χ2n) is 3.46. The smallest absolute Gasteiger partial charge is 0.186 e. The van der Waals surface area contributed by atoms with Crippen molar-refractivity contribution in [3.05, 3.63) is 26.7 Å². The van der Waals surface area contributed by atoms with Crippen molar-refractivity contribution in [2.45, 2.75) is 13.8 Å². The fraction of sp³-hybridized carbons (Fsp3) is 0.273. The number of aromatic nitrogens is 2. The summed E-state index contributed by atoms with van der Waals surface area (Å²) in [4.78, 5) is 8.38. The lowest BCUT2D eigenvalue weighted by Gasteiger charge is -2.08. The van der Waals surface area contributed by atoms with Gasteiger partial charge in [-0.1, -0.05) is 0 Å². The topological polar surface area (TPSA) is 37.8 Å². The van der Waals surface area contributed by atoms with Crippen molar-refractivity contribution in [3.8, 4) is 11.4 Å². The molecule has 17 heavy (non-hydrogen) atoms. The first kappa shape index (κ1) is 12.4. The average Bonchev–Trinajstić information content (AvgIpc) is 2.71. The van der Waals surface area contributed by atoms with E-state index in [0.717, 1.165) is 10.0 Å². The Morgan fingerprint density at radius 2 is 2.18 bits per heavy atom. The zero-order valence-corrected chi connectivity index (χ0v) is 11.8. The van der Waals surface area contributed by atoms with Crippen molar-refractivity contribution >= 4 is 33.1 Å². The normalized spacial score (nSPS) is 10.6. The van der Waals surface area contributed by atoms with Crippen LogP contribution in [0.5, 0.6) is 0 Å². The molecule has 0 aromatic carbocycles. The molecule has 0 bridgehead atoms. The van der Waals surface area contributed by atoms with Gasteiger partial charge in [-0.25, -0.2) is 14.4 Å². The highest BCUT2D eigenvalue weighted by Crippen LogP contribution is 2.30. The Labute approximate surface area is 111 Å². The van der Waals surface area contributed by atoms with Gasteiger partial charge in [0.25, 0.3) is 0 Å². The summed E-state index contributed by atoms with van der Waals surface area (Å²) in [6.45, 7) is 4.16. The van der Waals surface area contributed by atoms with Gasteiger partial charge < -0.3 is 5.32 Å². The fourth-order valence-corrected chi connectivity index (χ4v) is 2.86. The van der Waals surface area contributed by atoms with E-state index in [0.29, 0.717) is 18.1 Å². The van der Waals surface area contributed by atoms with Crippen molar-refractivity contribution in [2.75, 3.05) is 11.9 Å². The van der Waals surface area contributed by atoms with Gasteiger partial charge in [0.1, 0.15) is 0 Å². The summed E-state index contributed by atoms with van der Waals surface area (Å²) in [6, 6.07) is 0. The van der Waals surface area contributed by atoms with Crippen LogP contribution in [0, 0.1) is 12.7 Å². The lowest BCUT2D eigenvalue weighted by atomic mass is 10.3. The largest absolute Gasteiger partial charge is 0.368 e. The number of aryl methyl sites for hydroxylation is 1. The molecule has 2 rings (SSSR count). The lowest BCUT2D eigenvalue weighted by molar-refractivity contribution is 0.606. The van der Waals surface area contributed by atoms with Gasteiger partial charge in [0, 0.05) is 27.3 Å². The molecule has 6 heteroatoms. The van der Waals surface area contributed by atoms with E-state index in [1.54, 1.807) is 18.3 Å².